The summed E-state index contributed by atoms with van der Waals surface area (Å²) in [5.41, 5.74) is 0. The highest BCUT2D eigenvalue weighted by molar-refractivity contribution is 4.74. The highest BCUT2D eigenvalue weighted by Gasteiger charge is 2.21. The maximum Gasteiger partial charge on any atom is 0.0707 e. The molecule has 14 heavy (non-hydrogen) atoms. The van der Waals surface area contributed by atoms with Gasteiger partial charge in [0.2, 0.25) is 0 Å². The summed E-state index contributed by atoms with van der Waals surface area (Å²) in [6.07, 6.45) is 3.08. The van der Waals surface area contributed by atoms with Crippen molar-refractivity contribution < 1.29 is 9.94 Å². The van der Waals surface area contributed by atoms with E-state index in [0.717, 1.165) is 26.1 Å². The molecule has 1 aliphatic heterocycles. The first-order valence-electron chi connectivity index (χ1n) is 5.59. The lowest BCUT2D eigenvalue weighted by Crippen LogP contribution is -2.51. The molecule has 0 spiro atoms. The molecule has 1 saturated heterocycles. The van der Waals surface area contributed by atoms with Gasteiger partial charge in [-0.1, -0.05) is 13.3 Å². The molecule has 1 rings (SSSR count). The molecule has 0 amide bonds. The molecule has 0 aliphatic carbocycles. The van der Waals surface area contributed by atoms with Gasteiger partial charge in [-0.05, 0) is 12.8 Å². The van der Waals surface area contributed by atoms with Gasteiger partial charge >= 0.3 is 0 Å². The molecule has 0 aromatic carbocycles. The van der Waals surface area contributed by atoms with E-state index in [1.807, 2.05) is 0 Å². The summed E-state index contributed by atoms with van der Waals surface area (Å²) in [4.78, 5) is 5.62. The zero-order valence-electron chi connectivity index (χ0n) is 9.04. The van der Waals surface area contributed by atoms with Crippen molar-refractivity contribution in [2.24, 2.45) is 0 Å². The molecular weight excluding hydrogens is 180 g/mol. The molecule has 0 aromatic heterocycles. The third-order valence-electron chi connectivity index (χ3n) is 2.48. The lowest BCUT2D eigenvalue weighted by Gasteiger charge is -2.34. The van der Waals surface area contributed by atoms with Gasteiger partial charge in [0.1, 0.15) is 0 Å². The zero-order chi connectivity index (χ0) is 10.2. The fourth-order valence-electron chi connectivity index (χ4n) is 1.74. The monoisotopic (exact) mass is 202 g/mol. The molecule has 0 aromatic rings. The topological polar surface area (TPSA) is 44.7 Å². The molecule has 0 radical (unpaired) electrons. The van der Waals surface area contributed by atoms with Crippen molar-refractivity contribution in [2.75, 3.05) is 32.8 Å². The van der Waals surface area contributed by atoms with E-state index in [1.165, 1.54) is 12.8 Å². The number of nitrogens with zero attached hydrogens (tertiary/aromatic N) is 1. The highest BCUT2D eigenvalue weighted by atomic mass is 16.7. The van der Waals surface area contributed by atoms with Crippen LogP contribution in [0.25, 0.3) is 0 Å². The van der Waals surface area contributed by atoms with Crippen LogP contribution < -0.4 is 5.32 Å². The Morgan fingerprint density at radius 2 is 2.43 bits per heavy atom. The number of hydroxylamine groups is 2. The number of aliphatic hydroxyl groups is 1. The van der Waals surface area contributed by atoms with Gasteiger partial charge in [0.05, 0.1) is 6.61 Å². The summed E-state index contributed by atoms with van der Waals surface area (Å²) in [6, 6.07) is 0.507. The average molecular weight is 202 g/mol. The van der Waals surface area contributed by atoms with Crippen molar-refractivity contribution >= 4 is 0 Å². The van der Waals surface area contributed by atoms with Crippen LogP contribution in [0.1, 0.15) is 26.2 Å². The second-order valence-electron chi connectivity index (χ2n) is 3.70. The zero-order valence-corrected chi connectivity index (χ0v) is 9.04. The van der Waals surface area contributed by atoms with Crippen LogP contribution in [-0.2, 0) is 4.84 Å². The second kappa shape index (κ2) is 7.17. The van der Waals surface area contributed by atoms with Crippen LogP contribution in [-0.4, -0.2) is 49.1 Å². The summed E-state index contributed by atoms with van der Waals surface area (Å²) in [7, 11) is 0. The molecular formula is C10H22N2O2. The third kappa shape index (κ3) is 3.92. The molecule has 0 saturated carbocycles. The molecule has 2 N–H and O–H groups in total. The van der Waals surface area contributed by atoms with Gasteiger partial charge in [0, 0.05) is 32.3 Å². The molecule has 84 valence electrons. The van der Waals surface area contributed by atoms with E-state index >= 15 is 0 Å². The van der Waals surface area contributed by atoms with E-state index in [2.05, 4.69) is 17.3 Å². The van der Waals surface area contributed by atoms with Crippen molar-refractivity contribution in [2.45, 2.75) is 32.2 Å². The summed E-state index contributed by atoms with van der Waals surface area (Å²) >= 11 is 0. The van der Waals surface area contributed by atoms with Gasteiger partial charge in [-0.25, -0.2) is 0 Å². The number of hydrogen-bond donors (Lipinski definition) is 2. The SMILES string of the molecule is CCCC1CNCCN1OCCCO. The van der Waals surface area contributed by atoms with Crippen LogP contribution in [0.4, 0.5) is 0 Å². The lowest BCUT2D eigenvalue weighted by molar-refractivity contribution is -0.196. The Hall–Kier alpha value is -0.160. The van der Waals surface area contributed by atoms with E-state index in [9.17, 15) is 0 Å². The maximum absolute atomic E-state index is 8.65. The van der Waals surface area contributed by atoms with E-state index in [-0.39, 0.29) is 6.61 Å². The van der Waals surface area contributed by atoms with Crippen LogP contribution >= 0.6 is 0 Å². The van der Waals surface area contributed by atoms with E-state index in [4.69, 9.17) is 9.94 Å². The smallest absolute Gasteiger partial charge is 0.0707 e. The van der Waals surface area contributed by atoms with E-state index in [1.54, 1.807) is 0 Å². The fourth-order valence-corrected chi connectivity index (χ4v) is 1.74. The van der Waals surface area contributed by atoms with Crippen molar-refractivity contribution in [3.63, 3.8) is 0 Å². The third-order valence-corrected chi connectivity index (χ3v) is 2.48. The Bertz CT molecular complexity index is 142. The molecule has 4 nitrogen and oxygen atoms in total. The number of nitrogens with one attached hydrogen (secondary N) is 1. The Morgan fingerprint density at radius 3 is 3.14 bits per heavy atom. The largest absolute Gasteiger partial charge is 0.396 e. The van der Waals surface area contributed by atoms with Crippen molar-refractivity contribution in [3.05, 3.63) is 0 Å². The predicted molar refractivity (Wildman–Crippen MR) is 55.9 cm³/mol. The Balaban J connectivity index is 2.22. The van der Waals surface area contributed by atoms with Crippen molar-refractivity contribution in [3.8, 4) is 0 Å². The van der Waals surface area contributed by atoms with Gasteiger partial charge in [-0.15, -0.1) is 0 Å². The summed E-state index contributed by atoms with van der Waals surface area (Å²) in [5.74, 6) is 0. The van der Waals surface area contributed by atoms with Crippen LogP contribution in [0, 0.1) is 0 Å². The van der Waals surface area contributed by atoms with Gasteiger partial charge in [0.15, 0.2) is 0 Å². The molecule has 1 heterocycles. The van der Waals surface area contributed by atoms with Gasteiger partial charge in [0.25, 0.3) is 0 Å². The van der Waals surface area contributed by atoms with Crippen LogP contribution in [0.5, 0.6) is 0 Å². The van der Waals surface area contributed by atoms with Gasteiger partial charge < -0.3 is 10.4 Å². The first kappa shape index (κ1) is 11.9. The first-order chi connectivity index (χ1) is 6.88. The minimum atomic E-state index is 0.213. The Morgan fingerprint density at radius 1 is 1.57 bits per heavy atom. The summed E-state index contributed by atoms with van der Waals surface area (Å²) < 4.78 is 0. The van der Waals surface area contributed by atoms with Gasteiger partial charge in [-0.2, -0.15) is 5.06 Å². The van der Waals surface area contributed by atoms with Crippen LogP contribution in [0.15, 0.2) is 0 Å². The second-order valence-corrected chi connectivity index (χ2v) is 3.70. The molecule has 1 atom stereocenters. The quantitative estimate of drug-likeness (QED) is 0.611. The maximum atomic E-state index is 8.65. The number of aliphatic hydroxyl groups excluding tert-OH is 1. The van der Waals surface area contributed by atoms with E-state index in [0.29, 0.717) is 12.6 Å². The Kier molecular flexibility index (Phi) is 6.10. The standard InChI is InChI=1S/C10H22N2O2/c1-2-4-10-9-11-5-6-12(10)14-8-3-7-13/h10-11,13H,2-9H2,1H3. The lowest BCUT2D eigenvalue weighted by atomic mass is 10.1. The molecule has 4 heteroatoms. The molecule has 0 bridgehead atoms. The Labute approximate surface area is 86.2 Å². The first-order valence-corrected chi connectivity index (χ1v) is 5.59. The minimum Gasteiger partial charge on any atom is -0.396 e. The summed E-state index contributed by atoms with van der Waals surface area (Å²) in [5, 5.41) is 14.1. The number of rotatable bonds is 6. The normalized spacial score (nSPS) is 24.0. The number of piperazine rings is 1. The number of hydrogen-bond acceptors (Lipinski definition) is 4. The van der Waals surface area contributed by atoms with E-state index < -0.39 is 0 Å². The minimum absolute atomic E-state index is 0.213. The molecule has 1 fully saturated rings. The molecule has 1 unspecified atom stereocenters. The fraction of sp³-hybridized carbons (Fsp3) is 1.00. The van der Waals surface area contributed by atoms with Crippen LogP contribution in [0.3, 0.4) is 0 Å². The summed E-state index contributed by atoms with van der Waals surface area (Å²) in [6.45, 7) is 6.02. The van der Waals surface area contributed by atoms with Crippen LogP contribution in [0.2, 0.25) is 0 Å². The highest BCUT2D eigenvalue weighted by Crippen LogP contribution is 2.09. The predicted octanol–water partition coefficient (Wildman–Crippen LogP) is 0.374. The molecule has 1 aliphatic rings. The van der Waals surface area contributed by atoms with Gasteiger partial charge in [-0.3, -0.25) is 4.84 Å². The average Bonchev–Trinajstić information content (AvgIpc) is 2.21. The van der Waals surface area contributed by atoms with Crippen molar-refractivity contribution in [1.29, 1.82) is 0 Å². The van der Waals surface area contributed by atoms with Crippen molar-refractivity contribution in [1.82, 2.24) is 10.4 Å².